The molecule has 0 heterocycles. The smallest absolute Gasteiger partial charge is 0.258 e. The average molecular weight is 247 g/mol. The third-order valence-electron chi connectivity index (χ3n) is 2.88. The van der Waals surface area contributed by atoms with Gasteiger partial charge in [0, 0.05) is 11.6 Å². The summed E-state index contributed by atoms with van der Waals surface area (Å²) in [6.45, 7) is 3.41. The first-order valence-corrected chi connectivity index (χ1v) is 6.10. The maximum Gasteiger partial charge on any atom is 0.258 e. The molecule has 0 spiro atoms. The highest BCUT2D eigenvalue weighted by Gasteiger charge is 2.23. The van der Waals surface area contributed by atoms with Crippen LogP contribution in [0.15, 0.2) is 18.2 Å². The zero-order chi connectivity index (χ0) is 13.1. The van der Waals surface area contributed by atoms with E-state index < -0.39 is 0 Å². The van der Waals surface area contributed by atoms with Gasteiger partial charge in [-0.1, -0.05) is 0 Å². The van der Waals surface area contributed by atoms with Crippen LogP contribution in [0.1, 0.15) is 35.7 Å². The SMILES string of the molecule is CC(=O)c1ccc(OCC(=O)NC2CC2)c(C)c1. The molecular formula is C14H17NO3. The van der Waals surface area contributed by atoms with Crippen molar-refractivity contribution in [3.8, 4) is 5.75 Å². The van der Waals surface area contributed by atoms with Crippen molar-refractivity contribution < 1.29 is 14.3 Å². The van der Waals surface area contributed by atoms with Gasteiger partial charge in [-0.05, 0) is 50.5 Å². The number of Topliss-reactive ketones (excluding diaryl/α,β-unsaturated/α-hetero) is 1. The van der Waals surface area contributed by atoms with Gasteiger partial charge in [-0.15, -0.1) is 0 Å². The number of ketones is 1. The summed E-state index contributed by atoms with van der Waals surface area (Å²) in [6.07, 6.45) is 2.14. The van der Waals surface area contributed by atoms with Gasteiger partial charge in [-0.2, -0.15) is 0 Å². The number of carbonyl (C=O) groups excluding carboxylic acids is 2. The second-order valence-electron chi connectivity index (χ2n) is 4.67. The molecule has 0 bridgehead atoms. The molecule has 0 unspecified atom stereocenters. The van der Waals surface area contributed by atoms with Crippen LogP contribution in [0.2, 0.25) is 0 Å². The molecule has 2 rings (SSSR count). The minimum absolute atomic E-state index is 0.0242. The van der Waals surface area contributed by atoms with E-state index >= 15 is 0 Å². The summed E-state index contributed by atoms with van der Waals surface area (Å²) in [5.74, 6) is 0.578. The van der Waals surface area contributed by atoms with Crippen molar-refractivity contribution in [2.24, 2.45) is 0 Å². The highest BCUT2D eigenvalue weighted by atomic mass is 16.5. The number of amides is 1. The van der Waals surface area contributed by atoms with Crippen molar-refractivity contribution in [2.45, 2.75) is 32.7 Å². The zero-order valence-electron chi connectivity index (χ0n) is 10.7. The van der Waals surface area contributed by atoms with E-state index in [1.807, 2.05) is 6.92 Å². The van der Waals surface area contributed by atoms with Gasteiger partial charge in [-0.25, -0.2) is 0 Å². The maximum atomic E-state index is 11.5. The lowest BCUT2D eigenvalue weighted by Gasteiger charge is -2.10. The predicted octanol–water partition coefficient (Wildman–Crippen LogP) is 1.86. The van der Waals surface area contributed by atoms with Crippen molar-refractivity contribution in [3.63, 3.8) is 0 Å². The summed E-state index contributed by atoms with van der Waals surface area (Å²) < 4.78 is 5.44. The molecule has 0 saturated heterocycles. The Bertz CT molecular complexity index is 478. The van der Waals surface area contributed by atoms with Gasteiger partial charge < -0.3 is 10.1 Å². The van der Waals surface area contributed by atoms with Gasteiger partial charge in [0.1, 0.15) is 5.75 Å². The van der Waals surface area contributed by atoms with Crippen LogP contribution in [-0.4, -0.2) is 24.3 Å². The fourth-order valence-corrected chi connectivity index (χ4v) is 1.67. The molecule has 0 atom stereocenters. The molecule has 1 saturated carbocycles. The van der Waals surface area contributed by atoms with E-state index in [-0.39, 0.29) is 18.3 Å². The lowest BCUT2D eigenvalue weighted by molar-refractivity contribution is -0.123. The molecule has 1 N–H and O–H groups in total. The van der Waals surface area contributed by atoms with Crippen molar-refractivity contribution >= 4 is 11.7 Å². The summed E-state index contributed by atoms with van der Waals surface area (Å²) in [5.41, 5.74) is 1.52. The minimum atomic E-state index is -0.0902. The van der Waals surface area contributed by atoms with Crippen LogP contribution in [0.3, 0.4) is 0 Å². The van der Waals surface area contributed by atoms with Crippen LogP contribution in [0.25, 0.3) is 0 Å². The van der Waals surface area contributed by atoms with Crippen LogP contribution in [0.5, 0.6) is 5.75 Å². The Balaban J connectivity index is 1.92. The molecule has 1 aliphatic rings. The van der Waals surface area contributed by atoms with Crippen molar-refractivity contribution in [3.05, 3.63) is 29.3 Å². The van der Waals surface area contributed by atoms with Gasteiger partial charge in [0.2, 0.25) is 0 Å². The summed E-state index contributed by atoms with van der Waals surface area (Å²) in [7, 11) is 0. The highest BCUT2D eigenvalue weighted by molar-refractivity contribution is 5.94. The Kier molecular flexibility index (Phi) is 3.65. The van der Waals surface area contributed by atoms with Gasteiger partial charge in [0.25, 0.3) is 5.91 Å². The van der Waals surface area contributed by atoms with Gasteiger partial charge in [0.15, 0.2) is 12.4 Å². The van der Waals surface area contributed by atoms with E-state index in [1.54, 1.807) is 18.2 Å². The van der Waals surface area contributed by atoms with E-state index in [2.05, 4.69) is 5.32 Å². The number of hydrogen-bond donors (Lipinski definition) is 1. The van der Waals surface area contributed by atoms with E-state index in [0.29, 0.717) is 17.4 Å². The third-order valence-corrected chi connectivity index (χ3v) is 2.88. The van der Waals surface area contributed by atoms with Crippen molar-refractivity contribution in [1.82, 2.24) is 5.32 Å². The molecule has 1 amide bonds. The van der Waals surface area contributed by atoms with E-state index in [0.717, 1.165) is 18.4 Å². The normalized spacial score (nSPS) is 14.1. The van der Waals surface area contributed by atoms with Crippen LogP contribution in [0.4, 0.5) is 0 Å². The number of rotatable bonds is 5. The van der Waals surface area contributed by atoms with Crippen molar-refractivity contribution in [1.29, 1.82) is 0 Å². The van der Waals surface area contributed by atoms with E-state index in [1.165, 1.54) is 6.92 Å². The van der Waals surface area contributed by atoms with Gasteiger partial charge in [0.05, 0.1) is 0 Å². The van der Waals surface area contributed by atoms with Crippen LogP contribution in [0, 0.1) is 6.92 Å². The average Bonchev–Trinajstić information content (AvgIpc) is 3.11. The number of hydrogen-bond acceptors (Lipinski definition) is 3. The van der Waals surface area contributed by atoms with E-state index in [9.17, 15) is 9.59 Å². The molecule has 0 aliphatic heterocycles. The quantitative estimate of drug-likeness (QED) is 0.808. The fourth-order valence-electron chi connectivity index (χ4n) is 1.67. The first kappa shape index (κ1) is 12.6. The first-order chi connectivity index (χ1) is 8.56. The highest BCUT2D eigenvalue weighted by Crippen LogP contribution is 2.20. The van der Waals surface area contributed by atoms with Crippen molar-refractivity contribution in [2.75, 3.05) is 6.61 Å². The monoisotopic (exact) mass is 247 g/mol. The number of carbonyl (C=O) groups is 2. The molecule has 0 radical (unpaired) electrons. The number of nitrogens with one attached hydrogen (secondary N) is 1. The summed E-state index contributed by atoms with van der Waals surface area (Å²) in [5, 5.41) is 2.86. The number of ether oxygens (including phenoxy) is 1. The standard InChI is InChI=1S/C14H17NO3/c1-9-7-11(10(2)16)3-6-13(9)18-8-14(17)15-12-4-5-12/h3,6-7,12H,4-5,8H2,1-2H3,(H,15,17). The fraction of sp³-hybridized carbons (Fsp3) is 0.429. The summed E-state index contributed by atoms with van der Waals surface area (Å²) in [6, 6.07) is 5.57. The molecule has 1 fully saturated rings. The lowest BCUT2D eigenvalue weighted by atomic mass is 10.1. The topological polar surface area (TPSA) is 55.4 Å². The van der Waals surface area contributed by atoms with Crippen LogP contribution in [-0.2, 0) is 4.79 Å². The Morgan fingerprint density at radius 3 is 2.67 bits per heavy atom. The van der Waals surface area contributed by atoms with E-state index in [4.69, 9.17) is 4.74 Å². The predicted molar refractivity (Wildman–Crippen MR) is 67.8 cm³/mol. The minimum Gasteiger partial charge on any atom is -0.484 e. The molecule has 18 heavy (non-hydrogen) atoms. The third kappa shape index (κ3) is 3.32. The van der Waals surface area contributed by atoms with Gasteiger partial charge in [-0.3, -0.25) is 9.59 Å². The Morgan fingerprint density at radius 2 is 2.11 bits per heavy atom. The molecule has 4 nitrogen and oxygen atoms in total. The Hall–Kier alpha value is -1.84. The molecule has 1 aromatic rings. The number of benzene rings is 1. The second kappa shape index (κ2) is 5.21. The largest absolute Gasteiger partial charge is 0.484 e. The Labute approximate surface area is 106 Å². The molecule has 1 aromatic carbocycles. The molecule has 96 valence electrons. The lowest BCUT2D eigenvalue weighted by Crippen LogP contribution is -2.30. The zero-order valence-corrected chi connectivity index (χ0v) is 10.7. The molecule has 4 heteroatoms. The number of aryl methyl sites for hydroxylation is 1. The molecular weight excluding hydrogens is 230 g/mol. The summed E-state index contributed by atoms with van der Waals surface area (Å²) in [4.78, 5) is 22.7. The maximum absolute atomic E-state index is 11.5. The van der Waals surface area contributed by atoms with Crippen LogP contribution < -0.4 is 10.1 Å². The summed E-state index contributed by atoms with van der Waals surface area (Å²) >= 11 is 0. The second-order valence-corrected chi connectivity index (χ2v) is 4.67. The first-order valence-electron chi connectivity index (χ1n) is 6.10. The molecule has 1 aliphatic carbocycles. The van der Waals surface area contributed by atoms with Gasteiger partial charge >= 0.3 is 0 Å². The Morgan fingerprint density at radius 1 is 1.39 bits per heavy atom. The molecule has 0 aromatic heterocycles. The van der Waals surface area contributed by atoms with Crippen LogP contribution >= 0.6 is 0 Å².